The maximum atomic E-state index is 13.1. The number of fused-ring (bicyclic) bond motifs is 2. The van der Waals surface area contributed by atoms with E-state index in [0.717, 1.165) is 5.56 Å². The molecule has 0 spiro atoms. The van der Waals surface area contributed by atoms with Crippen LogP contribution in [0.1, 0.15) is 52.8 Å². The van der Waals surface area contributed by atoms with E-state index >= 15 is 0 Å². The number of carbonyl (C=O) groups is 2. The number of rotatable bonds is 9. The van der Waals surface area contributed by atoms with E-state index in [1.807, 2.05) is 56.1 Å². The highest BCUT2D eigenvalue weighted by Crippen LogP contribution is 2.44. The minimum Gasteiger partial charge on any atom is -0.458 e. The van der Waals surface area contributed by atoms with E-state index in [0.29, 0.717) is 17.7 Å². The molecular formula is C29H39N7O7. The summed E-state index contributed by atoms with van der Waals surface area (Å²) in [4.78, 5) is 40.4. The number of carbonyl (C=O) groups excluding carboxylic acids is 2. The van der Waals surface area contributed by atoms with Crippen molar-refractivity contribution in [3.8, 4) is 0 Å². The highest BCUT2D eigenvalue weighted by Gasteiger charge is 2.57. The molecule has 0 aliphatic carbocycles. The van der Waals surface area contributed by atoms with Crippen molar-refractivity contribution in [1.29, 1.82) is 0 Å². The second kappa shape index (κ2) is 12.0. The van der Waals surface area contributed by atoms with Crippen LogP contribution in [0.15, 0.2) is 43.0 Å². The molecule has 2 fully saturated rings. The van der Waals surface area contributed by atoms with Gasteiger partial charge in [0.15, 0.2) is 23.5 Å². The fourth-order valence-electron chi connectivity index (χ4n) is 5.18. The molecule has 1 aromatic carbocycles. The molecular weight excluding hydrogens is 558 g/mol. The number of anilines is 1. The summed E-state index contributed by atoms with van der Waals surface area (Å²) in [6.45, 7) is 9.40. The lowest BCUT2D eigenvalue weighted by Crippen LogP contribution is -2.48. The van der Waals surface area contributed by atoms with Gasteiger partial charge < -0.3 is 34.7 Å². The van der Waals surface area contributed by atoms with Gasteiger partial charge in [0.25, 0.3) is 0 Å². The molecule has 3 N–H and O–H groups in total. The van der Waals surface area contributed by atoms with Crippen LogP contribution in [0.25, 0.3) is 11.2 Å². The van der Waals surface area contributed by atoms with Crippen LogP contribution in [-0.4, -0.2) is 85.9 Å². The fraction of sp³-hybridized carbons (Fsp3) is 0.552. The van der Waals surface area contributed by atoms with Crippen LogP contribution >= 0.6 is 0 Å². The van der Waals surface area contributed by atoms with Gasteiger partial charge in [-0.2, -0.15) is 0 Å². The van der Waals surface area contributed by atoms with Crippen LogP contribution in [-0.2, 0) is 35.1 Å². The van der Waals surface area contributed by atoms with Crippen molar-refractivity contribution in [2.45, 2.75) is 89.7 Å². The Morgan fingerprint density at radius 2 is 1.86 bits per heavy atom. The van der Waals surface area contributed by atoms with Crippen molar-refractivity contribution in [1.82, 2.24) is 29.7 Å². The Labute approximate surface area is 249 Å². The van der Waals surface area contributed by atoms with Crippen molar-refractivity contribution in [2.75, 3.05) is 19.3 Å². The van der Waals surface area contributed by atoms with Crippen LogP contribution in [0.2, 0.25) is 0 Å². The first-order valence-electron chi connectivity index (χ1n) is 14.2. The average Bonchev–Trinajstić information content (AvgIpc) is 3.60. The molecule has 0 unspecified atom stereocenters. The summed E-state index contributed by atoms with van der Waals surface area (Å²) in [6.07, 6.45) is 0.338. The summed E-state index contributed by atoms with van der Waals surface area (Å²) in [7, 11) is 1.85. The molecule has 3 aromatic rings. The van der Waals surface area contributed by atoms with Crippen molar-refractivity contribution < 1.29 is 33.3 Å². The zero-order valence-corrected chi connectivity index (χ0v) is 25.2. The molecule has 2 aromatic heterocycles. The maximum absolute atomic E-state index is 13.1. The number of aromatic nitrogens is 4. The summed E-state index contributed by atoms with van der Waals surface area (Å²) >= 11 is 0. The molecule has 5 rings (SSSR count). The van der Waals surface area contributed by atoms with Gasteiger partial charge in [-0.15, -0.1) is 0 Å². The van der Waals surface area contributed by atoms with E-state index in [-0.39, 0.29) is 18.8 Å². The molecule has 0 saturated carbocycles. The Bertz CT molecular complexity index is 1440. The van der Waals surface area contributed by atoms with Crippen LogP contribution in [0.4, 0.5) is 10.6 Å². The minimum absolute atomic E-state index is 0.0701. The maximum Gasteiger partial charge on any atom is 0.408 e. The van der Waals surface area contributed by atoms with Gasteiger partial charge in [0.1, 0.15) is 48.5 Å². The fourth-order valence-corrected chi connectivity index (χ4v) is 5.18. The van der Waals surface area contributed by atoms with E-state index in [4.69, 9.17) is 29.4 Å². The lowest BCUT2D eigenvalue weighted by molar-refractivity contribution is -0.214. The molecule has 0 radical (unpaired) electrons. The van der Waals surface area contributed by atoms with Crippen LogP contribution in [0.3, 0.4) is 0 Å². The topological polar surface area (TPSA) is 165 Å². The Morgan fingerprint density at radius 1 is 1.14 bits per heavy atom. The Morgan fingerprint density at radius 3 is 2.58 bits per heavy atom. The third-order valence-electron chi connectivity index (χ3n) is 7.07. The zero-order chi connectivity index (χ0) is 30.9. The van der Waals surface area contributed by atoms with Gasteiger partial charge in [0.2, 0.25) is 0 Å². The van der Waals surface area contributed by atoms with Crippen LogP contribution in [0.5, 0.6) is 0 Å². The first-order chi connectivity index (χ1) is 20.3. The number of alkyl carbamates (subject to hydrolysis) is 1. The van der Waals surface area contributed by atoms with Crippen molar-refractivity contribution in [3.63, 3.8) is 0 Å². The van der Waals surface area contributed by atoms with Gasteiger partial charge in [0, 0.05) is 6.54 Å². The number of hydrogen-bond donors (Lipinski definition) is 2. The van der Waals surface area contributed by atoms with Crippen molar-refractivity contribution in [3.05, 3.63) is 48.5 Å². The number of nitrogen functional groups attached to an aromatic ring is 1. The van der Waals surface area contributed by atoms with Gasteiger partial charge in [-0.3, -0.25) is 9.47 Å². The third-order valence-corrected chi connectivity index (χ3v) is 7.07. The molecule has 14 nitrogen and oxygen atoms in total. The van der Waals surface area contributed by atoms with Crippen LogP contribution in [0, 0.1) is 0 Å². The summed E-state index contributed by atoms with van der Waals surface area (Å²) in [5, 5.41) is 2.67. The molecule has 2 saturated heterocycles. The normalized spacial score (nSPS) is 23.7. The van der Waals surface area contributed by atoms with E-state index < -0.39 is 54.2 Å². The lowest BCUT2D eigenvalue weighted by atomic mass is 10.1. The number of nitrogens with zero attached hydrogens (tertiary/aromatic N) is 5. The van der Waals surface area contributed by atoms with E-state index in [1.165, 1.54) is 6.33 Å². The van der Waals surface area contributed by atoms with Gasteiger partial charge >= 0.3 is 12.1 Å². The largest absolute Gasteiger partial charge is 0.458 e. The zero-order valence-electron chi connectivity index (χ0n) is 25.2. The molecule has 0 bridgehead atoms. The second-order valence-corrected chi connectivity index (χ2v) is 12.1. The van der Waals surface area contributed by atoms with Crippen LogP contribution < -0.4 is 11.1 Å². The third kappa shape index (κ3) is 7.04. The monoisotopic (exact) mass is 597 g/mol. The SMILES string of the molecule is CN(CC[C@H](NC(=O)OCc1ccccc1)C(=O)OC(C)(C)C)[C@@H]1O[C@@H](n2cnc3c(N)ncnc32)[C@@H]2OC(C)(C)O[C@H]21. The number of nitrogens with two attached hydrogens (primary N) is 1. The second-order valence-electron chi connectivity index (χ2n) is 12.1. The smallest absolute Gasteiger partial charge is 0.408 e. The number of benzene rings is 1. The molecule has 232 valence electrons. The quantitative estimate of drug-likeness (QED) is 0.347. The highest BCUT2D eigenvalue weighted by atomic mass is 16.8. The van der Waals surface area contributed by atoms with Gasteiger partial charge in [-0.25, -0.2) is 24.5 Å². The Balaban J connectivity index is 1.29. The number of hydrogen-bond acceptors (Lipinski definition) is 12. The van der Waals surface area contributed by atoms with E-state index in [1.54, 1.807) is 31.7 Å². The Hall–Kier alpha value is -3.85. The Kier molecular flexibility index (Phi) is 8.56. The molecule has 2 aliphatic heterocycles. The first-order valence-corrected chi connectivity index (χ1v) is 14.2. The van der Waals surface area contributed by atoms with E-state index in [9.17, 15) is 9.59 Å². The number of esters is 1. The standard InChI is InChI=1S/C29H39N7O7/c1-28(2,3)43-26(37)18(34-27(38)39-14-17-10-8-7-9-11-17)12-13-35(6)24-20-21(42-29(4,5)41-20)25(40-24)36-16-33-19-22(30)31-15-32-23(19)36/h7-11,15-16,18,20-21,24-25H,12-14H2,1-6H3,(H,34,38)(H2,30,31,32)/t18-,20+,21+,24+,25+/m0/s1. The molecule has 2 aliphatic rings. The number of ether oxygens (including phenoxy) is 5. The van der Waals surface area contributed by atoms with Crippen molar-refractivity contribution in [2.24, 2.45) is 0 Å². The number of likely N-dealkylation sites (N-methyl/N-ethyl adjacent to an activating group) is 1. The summed E-state index contributed by atoms with van der Waals surface area (Å²) in [5.74, 6) is -1.16. The summed E-state index contributed by atoms with van der Waals surface area (Å²) in [6, 6.07) is 8.32. The highest BCUT2D eigenvalue weighted by molar-refractivity contribution is 5.82. The van der Waals surface area contributed by atoms with Gasteiger partial charge in [0.05, 0.1) is 6.33 Å². The molecule has 4 heterocycles. The molecule has 14 heteroatoms. The summed E-state index contributed by atoms with van der Waals surface area (Å²) < 4.78 is 31.7. The summed E-state index contributed by atoms with van der Waals surface area (Å²) in [5.41, 5.74) is 7.06. The minimum atomic E-state index is -0.965. The first kappa shape index (κ1) is 30.6. The number of imidazole rings is 1. The molecule has 43 heavy (non-hydrogen) atoms. The number of nitrogens with one attached hydrogen (secondary N) is 1. The van der Waals surface area contributed by atoms with Gasteiger partial charge in [-0.1, -0.05) is 30.3 Å². The van der Waals surface area contributed by atoms with Gasteiger partial charge in [-0.05, 0) is 53.7 Å². The van der Waals surface area contributed by atoms with E-state index in [2.05, 4.69) is 20.3 Å². The van der Waals surface area contributed by atoms with Crippen molar-refractivity contribution >= 4 is 29.0 Å². The molecule has 1 amide bonds. The predicted octanol–water partition coefficient (Wildman–Crippen LogP) is 2.74. The predicted molar refractivity (Wildman–Crippen MR) is 154 cm³/mol. The number of amides is 1. The lowest BCUT2D eigenvalue weighted by Gasteiger charge is -2.31. The molecule has 5 atom stereocenters. The average molecular weight is 598 g/mol.